The van der Waals surface area contributed by atoms with Crippen LogP contribution >= 0.6 is 23.2 Å². The predicted molar refractivity (Wildman–Crippen MR) is 117 cm³/mol. The molecule has 1 fully saturated rings. The van der Waals surface area contributed by atoms with Gasteiger partial charge in [0.2, 0.25) is 5.88 Å². The van der Waals surface area contributed by atoms with Crippen molar-refractivity contribution in [3.63, 3.8) is 0 Å². The smallest absolute Gasteiger partial charge is 0.260 e. The second-order valence-electron chi connectivity index (χ2n) is 7.32. The number of hydrogen-bond donors (Lipinski definition) is 0. The molecule has 1 aliphatic heterocycles. The highest BCUT2D eigenvalue weighted by Gasteiger charge is 2.24. The summed E-state index contributed by atoms with van der Waals surface area (Å²) in [4.78, 5) is 25.3. The number of ether oxygens (including phenoxy) is 1. The van der Waals surface area contributed by atoms with Crippen LogP contribution in [0.5, 0.6) is 5.88 Å². The lowest BCUT2D eigenvalue weighted by molar-refractivity contribution is -0.133. The zero-order chi connectivity index (χ0) is 21.4. The molecule has 0 N–H and O–H groups in total. The van der Waals surface area contributed by atoms with E-state index in [9.17, 15) is 4.79 Å². The fraction of sp³-hybridized carbons (Fsp3) is 0.400. The van der Waals surface area contributed by atoms with Crippen LogP contribution in [0, 0.1) is 13.8 Å². The van der Waals surface area contributed by atoms with Gasteiger partial charge in [0.25, 0.3) is 5.91 Å². The Kier molecular flexibility index (Phi) is 5.71. The van der Waals surface area contributed by atoms with E-state index in [1.54, 1.807) is 21.8 Å². The number of piperazine rings is 1. The summed E-state index contributed by atoms with van der Waals surface area (Å²) in [7, 11) is 1.82. The Morgan fingerprint density at radius 1 is 1.17 bits per heavy atom. The third-order valence-corrected chi connectivity index (χ3v) is 5.62. The lowest BCUT2D eigenvalue weighted by atomic mass is 10.2. The monoisotopic (exact) mass is 448 g/mol. The molecule has 1 aliphatic rings. The summed E-state index contributed by atoms with van der Waals surface area (Å²) in [5, 5.41) is 6.24. The number of hydrogen-bond acceptors (Lipinski definition) is 6. The van der Waals surface area contributed by atoms with Crippen LogP contribution in [0.3, 0.4) is 0 Å². The molecule has 10 heteroatoms. The highest BCUT2D eigenvalue weighted by molar-refractivity contribution is 6.36. The third kappa shape index (κ3) is 4.02. The summed E-state index contributed by atoms with van der Waals surface area (Å²) in [6, 6.07) is 3.65. The molecule has 1 saturated heterocycles. The van der Waals surface area contributed by atoms with Crippen LogP contribution in [0.4, 0.5) is 5.82 Å². The van der Waals surface area contributed by atoms with Crippen molar-refractivity contribution in [3.05, 3.63) is 39.6 Å². The van der Waals surface area contributed by atoms with E-state index >= 15 is 0 Å². The summed E-state index contributed by atoms with van der Waals surface area (Å²) < 4.78 is 7.47. The first-order valence-electron chi connectivity index (χ1n) is 9.61. The number of carbonyl (C=O) groups is 1. The van der Waals surface area contributed by atoms with Crippen LogP contribution in [-0.4, -0.2) is 63.3 Å². The molecule has 4 heterocycles. The average Bonchev–Trinajstić information content (AvgIpc) is 3.02. The molecule has 0 bridgehead atoms. The maximum Gasteiger partial charge on any atom is 0.260 e. The Hall–Kier alpha value is -2.58. The number of aromatic nitrogens is 4. The van der Waals surface area contributed by atoms with Crippen LogP contribution in [0.1, 0.15) is 11.3 Å². The average molecular weight is 449 g/mol. The molecule has 8 nitrogen and oxygen atoms in total. The molecular formula is C20H22Cl2N6O2. The van der Waals surface area contributed by atoms with Crippen molar-refractivity contribution < 1.29 is 9.53 Å². The summed E-state index contributed by atoms with van der Waals surface area (Å²) >= 11 is 12.2. The molecule has 0 aliphatic carbocycles. The molecule has 0 saturated carbocycles. The maximum atomic E-state index is 12.7. The number of aryl methyl sites for hydroxylation is 3. The molecule has 158 valence electrons. The van der Waals surface area contributed by atoms with Gasteiger partial charge in [-0.1, -0.05) is 23.2 Å². The van der Waals surface area contributed by atoms with E-state index in [0.29, 0.717) is 47.9 Å². The van der Waals surface area contributed by atoms with Gasteiger partial charge < -0.3 is 14.5 Å². The minimum atomic E-state index is -0.0821. The minimum absolute atomic E-state index is 0.0701. The summed E-state index contributed by atoms with van der Waals surface area (Å²) in [5.74, 6) is 1.03. The molecule has 0 radical (unpaired) electrons. The van der Waals surface area contributed by atoms with Gasteiger partial charge in [0.05, 0.1) is 15.4 Å². The van der Waals surface area contributed by atoms with Crippen molar-refractivity contribution in [1.29, 1.82) is 0 Å². The van der Waals surface area contributed by atoms with Gasteiger partial charge >= 0.3 is 0 Å². The number of amides is 1. The van der Waals surface area contributed by atoms with Crippen LogP contribution in [0.15, 0.2) is 18.3 Å². The summed E-state index contributed by atoms with van der Waals surface area (Å²) in [6.07, 6.45) is 1.57. The summed E-state index contributed by atoms with van der Waals surface area (Å²) in [5.41, 5.74) is 2.68. The van der Waals surface area contributed by atoms with Gasteiger partial charge in [0, 0.05) is 45.1 Å². The molecule has 0 aromatic carbocycles. The Morgan fingerprint density at radius 3 is 2.60 bits per heavy atom. The number of nitrogens with zero attached hydrogens (tertiary/aromatic N) is 6. The summed E-state index contributed by atoms with van der Waals surface area (Å²) in [6.45, 7) is 6.25. The van der Waals surface area contributed by atoms with E-state index in [-0.39, 0.29) is 12.5 Å². The first-order chi connectivity index (χ1) is 14.3. The van der Waals surface area contributed by atoms with E-state index in [0.717, 1.165) is 22.3 Å². The molecule has 30 heavy (non-hydrogen) atoms. The molecule has 0 spiro atoms. The minimum Gasteiger partial charge on any atom is -0.466 e. The highest BCUT2D eigenvalue weighted by Crippen LogP contribution is 2.28. The highest BCUT2D eigenvalue weighted by atomic mass is 35.5. The molecular weight excluding hydrogens is 427 g/mol. The van der Waals surface area contributed by atoms with Crippen molar-refractivity contribution in [2.24, 2.45) is 7.05 Å². The van der Waals surface area contributed by atoms with E-state index in [1.165, 1.54) is 0 Å². The van der Waals surface area contributed by atoms with Gasteiger partial charge in [-0.05, 0) is 31.5 Å². The zero-order valence-electron chi connectivity index (χ0n) is 17.0. The van der Waals surface area contributed by atoms with Crippen molar-refractivity contribution in [2.75, 3.05) is 37.7 Å². The number of anilines is 1. The van der Waals surface area contributed by atoms with Crippen molar-refractivity contribution >= 4 is 46.0 Å². The zero-order valence-corrected chi connectivity index (χ0v) is 18.5. The van der Waals surface area contributed by atoms with E-state index in [1.807, 2.05) is 31.9 Å². The molecule has 1 amide bonds. The number of carbonyl (C=O) groups excluding carboxylic acids is 1. The first kappa shape index (κ1) is 20.7. The van der Waals surface area contributed by atoms with Gasteiger partial charge in [0.1, 0.15) is 5.82 Å². The molecule has 3 aromatic rings. The lowest BCUT2D eigenvalue weighted by Gasteiger charge is -2.35. The first-order valence-corrected chi connectivity index (χ1v) is 10.4. The molecule has 0 unspecified atom stereocenters. The number of pyridine rings is 2. The Balaban J connectivity index is 1.38. The van der Waals surface area contributed by atoms with Crippen molar-refractivity contribution in [1.82, 2.24) is 24.6 Å². The van der Waals surface area contributed by atoms with Gasteiger partial charge in [0.15, 0.2) is 12.3 Å². The quantitative estimate of drug-likeness (QED) is 0.610. The van der Waals surface area contributed by atoms with Crippen LogP contribution in [-0.2, 0) is 11.8 Å². The van der Waals surface area contributed by atoms with Gasteiger partial charge in [-0.25, -0.2) is 14.6 Å². The number of halogens is 2. The van der Waals surface area contributed by atoms with E-state index < -0.39 is 0 Å². The largest absolute Gasteiger partial charge is 0.466 e. The Bertz CT molecular complexity index is 1110. The van der Waals surface area contributed by atoms with Gasteiger partial charge in [-0.3, -0.25) is 4.79 Å². The molecule has 0 atom stereocenters. The van der Waals surface area contributed by atoms with Gasteiger partial charge in [-0.2, -0.15) is 0 Å². The number of fused-ring (bicyclic) bond motifs is 1. The lowest BCUT2D eigenvalue weighted by Crippen LogP contribution is -2.50. The fourth-order valence-corrected chi connectivity index (χ4v) is 4.18. The van der Waals surface area contributed by atoms with Crippen LogP contribution in [0.2, 0.25) is 10.0 Å². The fourth-order valence-electron chi connectivity index (χ4n) is 3.68. The maximum absolute atomic E-state index is 12.7. The van der Waals surface area contributed by atoms with Gasteiger partial charge in [-0.15, -0.1) is 5.10 Å². The second kappa shape index (κ2) is 8.28. The Labute approximate surface area is 184 Å². The second-order valence-corrected chi connectivity index (χ2v) is 8.17. The van der Waals surface area contributed by atoms with E-state index in [4.69, 9.17) is 27.9 Å². The van der Waals surface area contributed by atoms with Crippen molar-refractivity contribution in [2.45, 2.75) is 13.8 Å². The van der Waals surface area contributed by atoms with Crippen molar-refractivity contribution in [3.8, 4) is 5.88 Å². The Morgan fingerprint density at radius 2 is 1.90 bits per heavy atom. The molecule has 4 rings (SSSR count). The van der Waals surface area contributed by atoms with Crippen LogP contribution in [0.25, 0.3) is 11.0 Å². The SMILES string of the molecule is Cc1cc(C)c2c(OCC(=O)N3CCN(c4ncc(Cl)cc4Cl)CC3)nn(C)c2n1. The van der Waals surface area contributed by atoms with E-state index in [2.05, 4.69) is 15.1 Å². The standard InChI is InChI=1S/C20H22Cl2N6O2/c1-12-8-13(2)24-19-17(12)20(25-26(19)3)30-11-16(29)27-4-6-28(7-5-27)18-15(22)9-14(21)10-23-18/h8-10H,4-7,11H2,1-3H3. The van der Waals surface area contributed by atoms with Crippen LogP contribution < -0.4 is 9.64 Å². The normalized spacial score (nSPS) is 14.4. The number of rotatable bonds is 4. The topological polar surface area (TPSA) is 76.4 Å². The predicted octanol–water partition coefficient (Wildman–Crippen LogP) is 3.01. The third-order valence-electron chi connectivity index (χ3n) is 5.14. The molecule has 3 aromatic heterocycles.